The lowest BCUT2D eigenvalue weighted by atomic mass is 10.2. The van der Waals surface area contributed by atoms with Gasteiger partial charge in [0, 0.05) is 16.6 Å². The number of hydrogen-bond donors (Lipinski definition) is 1. The maximum Gasteiger partial charge on any atom is 0.270 e. The highest BCUT2D eigenvalue weighted by Gasteiger charge is 2.22. The summed E-state index contributed by atoms with van der Waals surface area (Å²) in [4.78, 5) is 10.1. The van der Waals surface area contributed by atoms with Crippen molar-refractivity contribution in [2.75, 3.05) is 4.72 Å². The summed E-state index contributed by atoms with van der Waals surface area (Å²) in [5.41, 5.74) is 2.26. The molecule has 0 aliphatic rings. The van der Waals surface area contributed by atoms with E-state index in [0.717, 1.165) is 16.1 Å². The maximum atomic E-state index is 12.7. The number of nitro benzene ring substituents is 1. The van der Waals surface area contributed by atoms with E-state index in [4.69, 9.17) is 0 Å². The molecule has 0 atom stereocenters. The van der Waals surface area contributed by atoms with Crippen LogP contribution in [0.3, 0.4) is 0 Å². The van der Waals surface area contributed by atoms with E-state index in [2.05, 4.69) is 25.8 Å². The molecule has 146 valence electrons. The number of benzene rings is 2. The Morgan fingerprint density at radius 1 is 1.18 bits per heavy atom. The Hall–Kier alpha value is -2.72. The van der Waals surface area contributed by atoms with E-state index < -0.39 is 14.9 Å². The molecule has 0 aliphatic carbocycles. The molecule has 8 nitrogen and oxygen atoms in total. The third-order valence-corrected chi connectivity index (χ3v) is 6.08. The number of aromatic nitrogens is 2. The highest BCUT2D eigenvalue weighted by Crippen LogP contribution is 2.25. The number of rotatable bonds is 6. The number of nitrogens with one attached hydrogen (secondary N) is 1. The molecule has 0 aliphatic heterocycles. The average molecular weight is 465 g/mol. The van der Waals surface area contributed by atoms with Crippen LogP contribution in [0.4, 0.5) is 11.4 Å². The first kappa shape index (κ1) is 20.0. The molecule has 0 fully saturated rings. The molecule has 3 rings (SSSR count). The Morgan fingerprint density at radius 2 is 1.86 bits per heavy atom. The van der Waals surface area contributed by atoms with Gasteiger partial charge < -0.3 is 0 Å². The number of hydrogen-bond acceptors (Lipinski definition) is 5. The standard InChI is InChI=1S/C18H17BrN4O4S/c1-12-18(13(2)22(20-12)11-14-6-8-15(19)9-7-14)21-28(26,27)17-5-3-4-16(10-17)23(24)25/h3-10,21H,11H2,1-2H3. The molecule has 10 heteroatoms. The van der Waals surface area contributed by atoms with Gasteiger partial charge in [0.05, 0.1) is 33.4 Å². The van der Waals surface area contributed by atoms with Gasteiger partial charge in [0.1, 0.15) is 0 Å². The Labute approximate surface area is 170 Å². The lowest BCUT2D eigenvalue weighted by Gasteiger charge is -2.09. The second-order valence-corrected chi connectivity index (χ2v) is 8.79. The summed E-state index contributed by atoms with van der Waals surface area (Å²) in [6, 6.07) is 12.7. The van der Waals surface area contributed by atoms with Crippen molar-refractivity contribution in [3.05, 3.63) is 80.1 Å². The first-order chi connectivity index (χ1) is 13.2. The molecule has 1 aromatic heterocycles. The molecule has 0 saturated carbocycles. The first-order valence-electron chi connectivity index (χ1n) is 8.23. The minimum absolute atomic E-state index is 0.179. The van der Waals surface area contributed by atoms with Crippen LogP contribution < -0.4 is 4.72 Å². The van der Waals surface area contributed by atoms with Crippen LogP contribution in [0.2, 0.25) is 0 Å². The average Bonchev–Trinajstić information content (AvgIpc) is 2.91. The minimum atomic E-state index is -3.99. The minimum Gasteiger partial charge on any atom is -0.276 e. The number of nitro groups is 1. The van der Waals surface area contributed by atoms with E-state index in [0.29, 0.717) is 23.6 Å². The number of anilines is 1. The molecule has 2 aromatic carbocycles. The molecule has 0 unspecified atom stereocenters. The van der Waals surface area contributed by atoms with Gasteiger partial charge in [-0.3, -0.25) is 19.5 Å². The molecule has 28 heavy (non-hydrogen) atoms. The van der Waals surface area contributed by atoms with Crippen molar-refractivity contribution < 1.29 is 13.3 Å². The van der Waals surface area contributed by atoms with Crippen LogP contribution in [-0.2, 0) is 16.6 Å². The smallest absolute Gasteiger partial charge is 0.270 e. The van der Waals surface area contributed by atoms with E-state index in [1.54, 1.807) is 18.5 Å². The predicted molar refractivity (Wildman–Crippen MR) is 109 cm³/mol. The number of non-ortho nitro benzene ring substituents is 1. The Morgan fingerprint density at radius 3 is 2.50 bits per heavy atom. The summed E-state index contributed by atoms with van der Waals surface area (Å²) < 4.78 is 30.6. The second kappa shape index (κ2) is 7.72. The molecule has 0 bridgehead atoms. The Kier molecular flexibility index (Phi) is 5.52. The molecule has 0 spiro atoms. The van der Waals surface area contributed by atoms with Gasteiger partial charge in [0.25, 0.3) is 15.7 Å². The van der Waals surface area contributed by atoms with Gasteiger partial charge >= 0.3 is 0 Å². The van der Waals surface area contributed by atoms with E-state index >= 15 is 0 Å². The largest absolute Gasteiger partial charge is 0.276 e. The van der Waals surface area contributed by atoms with Crippen molar-refractivity contribution in [3.8, 4) is 0 Å². The molecule has 0 radical (unpaired) electrons. The zero-order valence-corrected chi connectivity index (χ0v) is 17.5. The van der Waals surface area contributed by atoms with Crippen molar-refractivity contribution in [3.63, 3.8) is 0 Å². The normalized spacial score (nSPS) is 11.4. The summed E-state index contributed by atoms with van der Waals surface area (Å²) in [6.07, 6.45) is 0. The van der Waals surface area contributed by atoms with Crippen molar-refractivity contribution in [2.45, 2.75) is 25.3 Å². The van der Waals surface area contributed by atoms with Crippen molar-refractivity contribution in [1.82, 2.24) is 9.78 Å². The fourth-order valence-electron chi connectivity index (χ4n) is 2.72. The van der Waals surface area contributed by atoms with Crippen molar-refractivity contribution in [2.24, 2.45) is 0 Å². The van der Waals surface area contributed by atoms with E-state index in [1.807, 2.05) is 24.3 Å². The topological polar surface area (TPSA) is 107 Å². The molecule has 3 aromatic rings. The van der Waals surface area contributed by atoms with Gasteiger partial charge in [-0.1, -0.05) is 34.1 Å². The monoisotopic (exact) mass is 464 g/mol. The molecular weight excluding hydrogens is 448 g/mol. The maximum absolute atomic E-state index is 12.7. The van der Waals surface area contributed by atoms with Gasteiger partial charge in [-0.25, -0.2) is 8.42 Å². The number of sulfonamides is 1. The summed E-state index contributed by atoms with van der Waals surface area (Å²) in [7, 11) is -3.99. The van der Waals surface area contributed by atoms with Crippen LogP contribution in [0.25, 0.3) is 0 Å². The van der Waals surface area contributed by atoms with Gasteiger partial charge in [-0.05, 0) is 37.6 Å². The van der Waals surface area contributed by atoms with Crippen LogP contribution in [0.15, 0.2) is 57.9 Å². The molecule has 0 saturated heterocycles. The fraction of sp³-hybridized carbons (Fsp3) is 0.167. The SMILES string of the molecule is Cc1nn(Cc2ccc(Br)cc2)c(C)c1NS(=O)(=O)c1cccc([N+](=O)[O-])c1. The highest BCUT2D eigenvalue weighted by atomic mass is 79.9. The lowest BCUT2D eigenvalue weighted by molar-refractivity contribution is -0.385. The van der Waals surface area contributed by atoms with Crippen molar-refractivity contribution in [1.29, 1.82) is 0 Å². The first-order valence-corrected chi connectivity index (χ1v) is 10.5. The van der Waals surface area contributed by atoms with Gasteiger partial charge in [-0.2, -0.15) is 5.10 Å². The van der Waals surface area contributed by atoms with Gasteiger partial charge in [0.15, 0.2) is 0 Å². The zero-order chi connectivity index (χ0) is 20.5. The second-order valence-electron chi connectivity index (χ2n) is 6.19. The molecular formula is C18H17BrN4O4S. The van der Waals surface area contributed by atoms with Gasteiger partial charge in [0.2, 0.25) is 0 Å². The van der Waals surface area contributed by atoms with Crippen LogP contribution in [0.1, 0.15) is 17.0 Å². The summed E-state index contributed by atoms with van der Waals surface area (Å²) in [6.45, 7) is 3.96. The summed E-state index contributed by atoms with van der Waals surface area (Å²) >= 11 is 3.39. The molecule has 1 N–H and O–H groups in total. The van der Waals surface area contributed by atoms with E-state index in [1.165, 1.54) is 18.2 Å². The zero-order valence-electron chi connectivity index (χ0n) is 15.1. The summed E-state index contributed by atoms with van der Waals surface area (Å²) in [5.74, 6) is 0. The highest BCUT2D eigenvalue weighted by molar-refractivity contribution is 9.10. The van der Waals surface area contributed by atoms with Crippen LogP contribution >= 0.6 is 15.9 Å². The molecule has 1 heterocycles. The number of aryl methyl sites for hydroxylation is 1. The van der Waals surface area contributed by atoms with Gasteiger partial charge in [-0.15, -0.1) is 0 Å². The van der Waals surface area contributed by atoms with Crippen molar-refractivity contribution >= 4 is 37.3 Å². The summed E-state index contributed by atoms with van der Waals surface area (Å²) in [5, 5.41) is 15.3. The Balaban J connectivity index is 1.90. The van der Waals surface area contributed by atoms with E-state index in [-0.39, 0.29) is 10.6 Å². The Bertz CT molecular complexity index is 1140. The van der Waals surface area contributed by atoms with Crippen LogP contribution in [0, 0.1) is 24.0 Å². The fourth-order valence-corrected chi connectivity index (χ4v) is 4.20. The number of nitrogens with zero attached hydrogens (tertiary/aromatic N) is 3. The van der Waals surface area contributed by atoms with Crippen LogP contribution in [-0.4, -0.2) is 23.1 Å². The third kappa shape index (κ3) is 4.23. The van der Waals surface area contributed by atoms with Crippen LogP contribution in [0.5, 0.6) is 0 Å². The number of halogens is 1. The molecule has 0 amide bonds. The predicted octanol–water partition coefficient (Wildman–Crippen LogP) is 4.02. The third-order valence-electron chi connectivity index (χ3n) is 4.20. The quantitative estimate of drug-likeness (QED) is 0.437. The lowest BCUT2D eigenvalue weighted by Crippen LogP contribution is -2.14. The van der Waals surface area contributed by atoms with E-state index in [9.17, 15) is 18.5 Å².